The Morgan fingerprint density at radius 3 is 2.45 bits per heavy atom. The van der Waals surface area contributed by atoms with Gasteiger partial charge in [0.2, 0.25) is 5.91 Å². The third kappa shape index (κ3) is 5.40. The molecule has 0 radical (unpaired) electrons. The summed E-state index contributed by atoms with van der Waals surface area (Å²) >= 11 is 0. The fourth-order valence-electron chi connectivity index (χ4n) is 4.47. The molecule has 3 heterocycles. The van der Waals surface area contributed by atoms with Crippen LogP contribution in [0.5, 0.6) is 0 Å². The van der Waals surface area contributed by atoms with E-state index in [9.17, 15) is 14.0 Å². The minimum atomic E-state index is -0.340. The van der Waals surface area contributed by atoms with Crippen LogP contribution in [0.3, 0.4) is 0 Å². The summed E-state index contributed by atoms with van der Waals surface area (Å²) < 4.78 is 13.1. The molecule has 164 valence electrons. The second-order valence-corrected chi connectivity index (χ2v) is 8.36. The summed E-state index contributed by atoms with van der Waals surface area (Å²) in [5.74, 6) is 1.09. The van der Waals surface area contributed by atoms with Crippen LogP contribution < -0.4 is 4.90 Å². The zero-order valence-electron chi connectivity index (χ0n) is 17.8. The number of carbonyl (C=O) groups is 2. The Labute approximate surface area is 182 Å². The smallest absolute Gasteiger partial charge is 0.253 e. The molecule has 4 rings (SSSR count). The van der Waals surface area contributed by atoms with E-state index in [1.807, 2.05) is 28.0 Å². The van der Waals surface area contributed by atoms with Crippen molar-refractivity contribution >= 4 is 17.6 Å². The van der Waals surface area contributed by atoms with Crippen molar-refractivity contribution in [2.75, 3.05) is 44.2 Å². The predicted molar refractivity (Wildman–Crippen MR) is 117 cm³/mol. The maximum absolute atomic E-state index is 13.1. The molecular weight excluding hydrogens is 395 g/mol. The van der Waals surface area contributed by atoms with Gasteiger partial charge in [-0.05, 0) is 61.6 Å². The molecule has 2 fully saturated rings. The summed E-state index contributed by atoms with van der Waals surface area (Å²) in [4.78, 5) is 35.8. The summed E-state index contributed by atoms with van der Waals surface area (Å²) in [5, 5.41) is 0. The maximum Gasteiger partial charge on any atom is 0.253 e. The molecule has 1 aromatic carbocycles. The quantitative estimate of drug-likeness (QED) is 0.740. The number of benzene rings is 1. The Bertz CT molecular complexity index is 882. The number of rotatable bonds is 5. The van der Waals surface area contributed by atoms with Gasteiger partial charge >= 0.3 is 0 Å². The molecule has 6 nitrogen and oxygen atoms in total. The number of aromatic nitrogens is 1. The summed E-state index contributed by atoms with van der Waals surface area (Å²) in [5.41, 5.74) is 0.518. The molecule has 2 saturated heterocycles. The Hall–Kier alpha value is -2.96. The van der Waals surface area contributed by atoms with Crippen molar-refractivity contribution in [1.29, 1.82) is 0 Å². The summed E-state index contributed by atoms with van der Waals surface area (Å²) in [6.07, 6.45) is 5.09. The molecule has 1 aromatic heterocycles. The first-order valence-electron chi connectivity index (χ1n) is 11.1. The highest BCUT2D eigenvalue weighted by Crippen LogP contribution is 2.23. The van der Waals surface area contributed by atoms with Crippen molar-refractivity contribution in [3.63, 3.8) is 0 Å². The van der Waals surface area contributed by atoms with Crippen LogP contribution in [0.15, 0.2) is 48.7 Å². The van der Waals surface area contributed by atoms with Gasteiger partial charge in [0.25, 0.3) is 5.91 Å². The van der Waals surface area contributed by atoms with Gasteiger partial charge in [0.1, 0.15) is 11.6 Å². The lowest BCUT2D eigenvalue weighted by atomic mass is 9.92. The van der Waals surface area contributed by atoms with Gasteiger partial charge in [-0.15, -0.1) is 0 Å². The molecule has 1 unspecified atom stereocenters. The van der Waals surface area contributed by atoms with Gasteiger partial charge in [0, 0.05) is 57.4 Å². The summed E-state index contributed by atoms with van der Waals surface area (Å²) in [7, 11) is 0. The third-order valence-corrected chi connectivity index (χ3v) is 6.27. The minimum absolute atomic E-state index is 0.0540. The van der Waals surface area contributed by atoms with Gasteiger partial charge < -0.3 is 14.7 Å². The highest BCUT2D eigenvalue weighted by atomic mass is 19.1. The first-order chi connectivity index (χ1) is 15.1. The Balaban J connectivity index is 1.23. The van der Waals surface area contributed by atoms with E-state index < -0.39 is 0 Å². The lowest BCUT2D eigenvalue weighted by molar-refractivity contribution is -0.131. The number of hydrogen-bond donors (Lipinski definition) is 0. The molecule has 0 bridgehead atoms. The van der Waals surface area contributed by atoms with Gasteiger partial charge in [0.15, 0.2) is 0 Å². The number of piperazine rings is 1. The number of nitrogens with zero attached hydrogens (tertiary/aromatic N) is 4. The molecule has 2 amide bonds. The van der Waals surface area contributed by atoms with Crippen LogP contribution in [0, 0.1) is 11.7 Å². The zero-order valence-corrected chi connectivity index (χ0v) is 17.8. The van der Waals surface area contributed by atoms with E-state index >= 15 is 0 Å². The number of likely N-dealkylation sites (tertiary alicyclic amines) is 1. The van der Waals surface area contributed by atoms with E-state index in [1.54, 1.807) is 6.20 Å². The predicted octanol–water partition coefficient (Wildman–Crippen LogP) is 3.20. The van der Waals surface area contributed by atoms with Crippen LogP contribution in [0.25, 0.3) is 0 Å². The van der Waals surface area contributed by atoms with Gasteiger partial charge in [-0.3, -0.25) is 9.59 Å². The fraction of sp³-hybridized carbons (Fsp3) is 0.458. The van der Waals surface area contributed by atoms with Crippen molar-refractivity contribution in [2.24, 2.45) is 5.92 Å². The number of halogens is 1. The second kappa shape index (κ2) is 9.90. The SMILES string of the molecule is O=C(CCC1CCCN(C(=O)c2ccc(F)cc2)C1)N1CCN(c2ccccn2)CC1. The largest absolute Gasteiger partial charge is 0.353 e. The molecule has 0 saturated carbocycles. The Kier molecular flexibility index (Phi) is 6.79. The Morgan fingerprint density at radius 1 is 0.968 bits per heavy atom. The number of pyridine rings is 1. The standard InChI is InChI=1S/C24H29FN4O2/c25-21-9-7-20(8-10-21)24(31)29-13-3-4-19(18-29)6-11-23(30)28-16-14-27(15-17-28)22-5-1-2-12-26-22/h1-2,5,7-10,12,19H,3-4,6,11,13-18H2. The highest BCUT2D eigenvalue weighted by molar-refractivity contribution is 5.94. The van der Waals surface area contributed by atoms with Gasteiger partial charge in [-0.25, -0.2) is 9.37 Å². The monoisotopic (exact) mass is 424 g/mol. The Morgan fingerprint density at radius 2 is 1.74 bits per heavy atom. The zero-order chi connectivity index (χ0) is 21.6. The molecule has 2 aliphatic heterocycles. The number of anilines is 1. The van der Waals surface area contributed by atoms with Crippen LogP contribution in [0.1, 0.15) is 36.0 Å². The van der Waals surface area contributed by atoms with E-state index in [2.05, 4.69) is 9.88 Å². The summed E-state index contributed by atoms with van der Waals surface area (Å²) in [6.45, 7) is 4.41. The van der Waals surface area contributed by atoms with Crippen molar-refractivity contribution < 1.29 is 14.0 Å². The molecule has 2 aromatic rings. The average Bonchev–Trinajstić information content (AvgIpc) is 2.83. The van der Waals surface area contributed by atoms with Crippen LogP contribution in [0.4, 0.5) is 10.2 Å². The maximum atomic E-state index is 13.1. The van der Waals surface area contributed by atoms with E-state index in [4.69, 9.17) is 0 Å². The number of amides is 2. The molecule has 1 atom stereocenters. The molecular formula is C24H29FN4O2. The van der Waals surface area contributed by atoms with Gasteiger partial charge in [-0.1, -0.05) is 6.07 Å². The number of hydrogen-bond acceptors (Lipinski definition) is 4. The van der Waals surface area contributed by atoms with Crippen molar-refractivity contribution in [3.8, 4) is 0 Å². The lowest BCUT2D eigenvalue weighted by Gasteiger charge is -2.36. The topological polar surface area (TPSA) is 56.8 Å². The van der Waals surface area contributed by atoms with Gasteiger partial charge in [-0.2, -0.15) is 0 Å². The van der Waals surface area contributed by atoms with Crippen LogP contribution in [-0.2, 0) is 4.79 Å². The van der Waals surface area contributed by atoms with E-state index in [0.29, 0.717) is 24.4 Å². The first kappa shape index (κ1) is 21.3. The minimum Gasteiger partial charge on any atom is -0.353 e. The van der Waals surface area contributed by atoms with Crippen molar-refractivity contribution in [2.45, 2.75) is 25.7 Å². The summed E-state index contributed by atoms with van der Waals surface area (Å²) in [6, 6.07) is 11.6. The van der Waals surface area contributed by atoms with E-state index in [1.165, 1.54) is 24.3 Å². The lowest BCUT2D eigenvalue weighted by Crippen LogP contribution is -2.49. The van der Waals surface area contributed by atoms with Crippen LogP contribution in [0.2, 0.25) is 0 Å². The van der Waals surface area contributed by atoms with E-state index in [-0.39, 0.29) is 17.6 Å². The first-order valence-corrected chi connectivity index (χ1v) is 11.1. The molecule has 0 aliphatic carbocycles. The normalized spacial score (nSPS) is 19.4. The molecule has 0 spiro atoms. The molecule has 2 aliphatic rings. The second-order valence-electron chi connectivity index (χ2n) is 8.36. The van der Waals surface area contributed by atoms with Crippen LogP contribution in [-0.4, -0.2) is 65.9 Å². The van der Waals surface area contributed by atoms with Crippen molar-refractivity contribution in [3.05, 3.63) is 60.0 Å². The average molecular weight is 425 g/mol. The van der Waals surface area contributed by atoms with Gasteiger partial charge in [0.05, 0.1) is 0 Å². The van der Waals surface area contributed by atoms with Crippen molar-refractivity contribution in [1.82, 2.24) is 14.8 Å². The molecule has 7 heteroatoms. The van der Waals surface area contributed by atoms with E-state index in [0.717, 1.165) is 57.8 Å². The third-order valence-electron chi connectivity index (χ3n) is 6.27. The molecule has 0 N–H and O–H groups in total. The molecule has 31 heavy (non-hydrogen) atoms. The highest BCUT2D eigenvalue weighted by Gasteiger charge is 2.27. The van der Waals surface area contributed by atoms with Crippen LogP contribution >= 0.6 is 0 Å². The number of piperidine rings is 1. The fourth-order valence-corrected chi connectivity index (χ4v) is 4.47. The number of carbonyl (C=O) groups excluding carboxylic acids is 2.